The summed E-state index contributed by atoms with van der Waals surface area (Å²) in [5.41, 5.74) is 4.52. The van der Waals surface area contributed by atoms with Gasteiger partial charge < -0.3 is 15.0 Å². The van der Waals surface area contributed by atoms with E-state index in [1.165, 1.54) is 53.4 Å². The van der Waals surface area contributed by atoms with Gasteiger partial charge in [-0.15, -0.1) is 0 Å². The number of carbonyl (C=O) groups excluding carboxylic acids is 1. The summed E-state index contributed by atoms with van der Waals surface area (Å²) in [5.74, 6) is 0. The highest BCUT2D eigenvalue weighted by Gasteiger charge is 2.17. The molecule has 278 valence electrons. The van der Waals surface area contributed by atoms with Crippen molar-refractivity contribution in [3.63, 3.8) is 0 Å². The molecule has 16 nitrogen and oxygen atoms in total. The fraction of sp³-hybridized carbons (Fsp3) is 0.184. The Hall–Kier alpha value is -7.07. The number of rotatable bonds is 16. The summed E-state index contributed by atoms with van der Waals surface area (Å²) >= 11 is 0. The van der Waals surface area contributed by atoms with E-state index in [9.17, 15) is 45.3 Å². The van der Waals surface area contributed by atoms with Crippen LogP contribution in [0.2, 0.25) is 0 Å². The van der Waals surface area contributed by atoms with Gasteiger partial charge in [-0.05, 0) is 47.2 Å². The number of non-ortho nitro benzene ring substituents is 4. The van der Waals surface area contributed by atoms with Crippen LogP contribution in [0.3, 0.4) is 0 Å². The maximum absolute atomic E-state index is 12.8. The van der Waals surface area contributed by atoms with Crippen molar-refractivity contribution < 1.29 is 29.2 Å². The summed E-state index contributed by atoms with van der Waals surface area (Å²) in [5, 5.41) is 46.0. The third-order valence-corrected chi connectivity index (χ3v) is 8.02. The lowest BCUT2D eigenvalue weighted by atomic mass is 10.1. The lowest BCUT2D eigenvalue weighted by Crippen LogP contribution is -2.33. The van der Waals surface area contributed by atoms with Gasteiger partial charge in [-0.3, -0.25) is 40.5 Å². The Morgan fingerprint density at radius 3 is 1.37 bits per heavy atom. The molecule has 54 heavy (non-hydrogen) atoms. The molecule has 16 heteroatoms. The van der Waals surface area contributed by atoms with Crippen LogP contribution >= 0.6 is 0 Å². The van der Waals surface area contributed by atoms with Crippen LogP contribution in [0.5, 0.6) is 0 Å². The molecular weight excluding hydrogens is 700 g/mol. The van der Waals surface area contributed by atoms with E-state index in [2.05, 4.69) is 5.32 Å². The molecule has 5 rings (SSSR count). The number of carbonyl (C=O) groups is 1. The Morgan fingerprint density at radius 2 is 0.926 bits per heavy atom. The van der Waals surface area contributed by atoms with E-state index in [4.69, 9.17) is 4.74 Å². The molecule has 0 aromatic heterocycles. The van der Waals surface area contributed by atoms with E-state index in [0.29, 0.717) is 19.5 Å². The second-order valence-electron chi connectivity index (χ2n) is 11.8. The maximum Gasteiger partial charge on any atom is 0.410 e. The molecule has 0 aliphatic rings. The lowest BCUT2D eigenvalue weighted by Gasteiger charge is -2.22. The molecule has 1 N–H and O–H groups in total. The molecule has 5 aromatic carbocycles. The number of hydrogen-bond donors (Lipinski definition) is 1. The normalized spacial score (nSPS) is 10.4. The van der Waals surface area contributed by atoms with Crippen LogP contribution in [0.1, 0.15) is 27.8 Å². The summed E-state index contributed by atoms with van der Waals surface area (Å²) in [6.07, 6.45) is 0.699. The largest absolute Gasteiger partial charge is 0.445 e. The maximum atomic E-state index is 12.8. The van der Waals surface area contributed by atoms with E-state index in [1.54, 1.807) is 48.5 Å². The van der Waals surface area contributed by atoms with Crippen LogP contribution in [0.25, 0.3) is 0 Å². The van der Waals surface area contributed by atoms with Gasteiger partial charge in [0.25, 0.3) is 22.7 Å². The number of hydrogen-bond acceptors (Lipinski definition) is 11. The molecule has 0 atom stereocenters. The molecule has 1 amide bonds. The summed E-state index contributed by atoms with van der Waals surface area (Å²) < 4.78 is 5.45. The summed E-state index contributed by atoms with van der Waals surface area (Å²) in [6, 6.07) is 34.3. The van der Waals surface area contributed by atoms with Gasteiger partial charge in [0.1, 0.15) is 6.61 Å². The SMILES string of the molecule is O=C(OCc1ccccc1)N(CCc1ccc([N+](=O)[O-])cc1)Cc1ccc([N+](=O)[O-])cc1.O=[N+]([O-])c1ccc(CCNCc2ccc([N+](=O)[O-])cc2)cc1. The Morgan fingerprint density at radius 1 is 0.519 bits per heavy atom. The highest BCUT2D eigenvalue weighted by Crippen LogP contribution is 2.17. The van der Waals surface area contributed by atoms with Crippen LogP contribution in [-0.4, -0.2) is 43.8 Å². The molecule has 0 aliphatic carbocycles. The zero-order chi connectivity index (χ0) is 38.9. The fourth-order valence-corrected chi connectivity index (χ4v) is 5.02. The van der Waals surface area contributed by atoms with Crippen molar-refractivity contribution in [2.24, 2.45) is 0 Å². The van der Waals surface area contributed by atoms with Crippen molar-refractivity contribution in [2.75, 3.05) is 13.1 Å². The number of amides is 1. The molecule has 0 heterocycles. The van der Waals surface area contributed by atoms with Gasteiger partial charge in [-0.2, -0.15) is 0 Å². The van der Waals surface area contributed by atoms with E-state index < -0.39 is 25.8 Å². The smallest absolute Gasteiger partial charge is 0.410 e. The van der Waals surface area contributed by atoms with Crippen LogP contribution in [-0.2, 0) is 37.3 Å². The topological polar surface area (TPSA) is 214 Å². The zero-order valence-corrected chi connectivity index (χ0v) is 28.9. The molecule has 0 unspecified atom stereocenters. The Bertz CT molecular complexity index is 1950. The van der Waals surface area contributed by atoms with Gasteiger partial charge in [0.15, 0.2) is 0 Å². The number of nitro benzene ring substituents is 4. The zero-order valence-electron chi connectivity index (χ0n) is 28.9. The Kier molecular flexibility index (Phi) is 14.8. The third kappa shape index (κ3) is 12.9. The molecule has 0 saturated carbocycles. The molecule has 0 fully saturated rings. The van der Waals surface area contributed by atoms with Crippen LogP contribution in [0.15, 0.2) is 127 Å². The monoisotopic (exact) mass is 736 g/mol. The standard InChI is InChI=1S/C23H21N3O6.C15H15N3O4/c27-23(32-17-20-4-2-1-3-5-20)24(16-19-8-12-22(13-9-19)26(30)31)15-14-18-6-10-21(11-7-18)25(28)29;19-17(20)14-5-1-12(2-6-14)9-10-16-11-13-3-7-15(8-4-13)18(21)22/h1-13H,14-17H2;1-8,16H,9-11H2. The lowest BCUT2D eigenvalue weighted by molar-refractivity contribution is -0.385. The molecule has 0 radical (unpaired) electrons. The van der Waals surface area contributed by atoms with Crippen molar-refractivity contribution in [3.8, 4) is 0 Å². The number of nitrogens with zero attached hydrogens (tertiary/aromatic N) is 5. The van der Waals surface area contributed by atoms with E-state index >= 15 is 0 Å². The van der Waals surface area contributed by atoms with Crippen molar-refractivity contribution in [2.45, 2.75) is 32.5 Å². The predicted octanol–water partition coefficient (Wildman–Crippen LogP) is 7.72. The van der Waals surface area contributed by atoms with Crippen molar-refractivity contribution >= 4 is 28.8 Å². The number of nitro groups is 4. The molecule has 0 spiro atoms. The van der Waals surface area contributed by atoms with Gasteiger partial charge >= 0.3 is 6.09 Å². The quantitative estimate of drug-likeness (QED) is 0.0588. The minimum atomic E-state index is -0.519. The first-order valence-electron chi connectivity index (χ1n) is 16.6. The first-order valence-corrected chi connectivity index (χ1v) is 16.6. The summed E-state index contributed by atoms with van der Waals surface area (Å²) in [4.78, 5) is 55.3. The van der Waals surface area contributed by atoms with Crippen LogP contribution < -0.4 is 5.32 Å². The van der Waals surface area contributed by atoms with Gasteiger partial charge in [-0.1, -0.05) is 78.9 Å². The summed E-state index contributed by atoms with van der Waals surface area (Å²) in [7, 11) is 0. The minimum absolute atomic E-state index is 0.00115. The highest BCUT2D eigenvalue weighted by molar-refractivity contribution is 5.67. The van der Waals surface area contributed by atoms with E-state index in [-0.39, 0.29) is 35.9 Å². The van der Waals surface area contributed by atoms with Gasteiger partial charge in [-0.25, -0.2) is 4.79 Å². The van der Waals surface area contributed by atoms with Crippen LogP contribution in [0, 0.1) is 40.5 Å². The number of nitrogens with one attached hydrogen (secondary N) is 1. The second kappa shape index (κ2) is 20.1. The van der Waals surface area contributed by atoms with Crippen molar-refractivity contribution in [1.29, 1.82) is 0 Å². The van der Waals surface area contributed by atoms with Crippen LogP contribution in [0.4, 0.5) is 27.5 Å². The summed E-state index contributed by atoms with van der Waals surface area (Å²) in [6.45, 7) is 1.97. The molecular formula is C38H36N6O10. The first kappa shape index (κ1) is 39.7. The third-order valence-electron chi connectivity index (χ3n) is 8.02. The number of ether oxygens (including phenoxy) is 1. The highest BCUT2D eigenvalue weighted by atomic mass is 16.6. The van der Waals surface area contributed by atoms with E-state index in [1.807, 2.05) is 30.3 Å². The molecule has 5 aromatic rings. The average molecular weight is 737 g/mol. The Balaban J connectivity index is 0.000000258. The van der Waals surface area contributed by atoms with Crippen molar-refractivity contribution in [1.82, 2.24) is 10.2 Å². The molecule has 0 bridgehead atoms. The predicted molar refractivity (Wildman–Crippen MR) is 199 cm³/mol. The fourth-order valence-electron chi connectivity index (χ4n) is 5.02. The first-order chi connectivity index (χ1) is 26.0. The molecule has 0 aliphatic heterocycles. The Labute approximate surface area is 309 Å². The van der Waals surface area contributed by atoms with Gasteiger partial charge in [0.2, 0.25) is 0 Å². The number of benzene rings is 5. The average Bonchev–Trinajstić information content (AvgIpc) is 3.18. The van der Waals surface area contributed by atoms with E-state index in [0.717, 1.165) is 40.8 Å². The molecule has 0 saturated heterocycles. The van der Waals surface area contributed by atoms with Gasteiger partial charge in [0.05, 0.1) is 19.7 Å². The minimum Gasteiger partial charge on any atom is -0.445 e. The van der Waals surface area contributed by atoms with Crippen molar-refractivity contribution in [3.05, 3.63) is 196 Å². The van der Waals surface area contributed by atoms with Gasteiger partial charge in [0, 0.05) is 68.2 Å². The second-order valence-corrected chi connectivity index (χ2v) is 11.8.